The average molecular weight is 450 g/mol. The molecule has 1 aromatic heterocycles. The molecule has 0 saturated carbocycles. The summed E-state index contributed by atoms with van der Waals surface area (Å²) in [5.41, 5.74) is 0.965. The van der Waals surface area contributed by atoms with Crippen molar-refractivity contribution in [3.8, 4) is 5.75 Å². The summed E-state index contributed by atoms with van der Waals surface area (Å²) >= 11 is 0. The maximum absolute atomic E-state index is 12.5. The number of hydrogen-bond donors (Lipinski definition) is 3. The van der Waals surface area contributed by atoms with E-state index in [-0.39, 0.29) is 10.7 Å². The summed E-state index contributed by atoms with van der Waals surface area (Å²) in [5.74, 6) is 0.700. The van der Waals surface area contributed by atoms with Gasteiger partial charge >= 0.3 is 6.09 Å². The zero-order valence-corrected chi connectivity index (χ0v) is 19.0. The van der Waals surface area contributed by atoms with Crippen LogP contribution >= 0.6 is 0 Å². The van der Waals surface area contributed by atoms with E-state index in [2.05, 4.69) is 15.3 Å². The van der Waals surface area contributed by atoms with Crippen molar-refractivity contribution in [3.05, 3.63) is 96.6 Å². The maximum atomic E-state index is 12.5. The number of aromatic nitrogens is 2. The van der Waals surface area contributed by atoms with Gasteiger partial charge in [0.25, 0.3) is 11.1 Å². The highest BCUT2D eigenvalue weighted by Crippen LogP contribution is 2.11. The molecule has 0 unspecified atom stereocenters. The number of rotatable bonds is 5. The monoisotopic (exact) mass is 449 g/mol. The predicted molar refractivity (Wildman–Crippen MR) is 127 cm³/mol. The summed E-state index contributed by atoms with van der Waals surface area (Å²) < 4.78 is 10.3. The molecule has 0 spiro atoms. The number of alkyl carbamates (subject to hydrolysis) is 1. The van der Waals surface area contributed by atoms with E-state index in [1.165, 1.54) is 0 Å². The molecule has 33 heavy (non-hydrogen) atoms. The third-order valence-corrected chi connectivity index (χ3v) is 4.54. The van der Waals surface area contributed by atoms with Crippen LogP contribution in [0, 0.1) is 0 Å². The Morgan fingerprint density at radius 1 is 0.879 bits per heavy atom. The van der Waals surface area contributed by atoms with Crippen molar-refractivity contribution in [2.24, 2.45) is 0 Å². The van der Waals surface area contributed by atoms with E-state index in [1.807, 2.05) is 12.1 Å². The molecule has 0 fully saturated rings. The molecule has 3 aromatic rings. The largest absolute Gasteiger partial charge is 0.497 e. The second-order valence-corrected chi connectivity index (χ2v) is 8.39. The molecule has 0 radical (unpaired) electrons. The lowest BCUT2D eigenvalue weighted by atomic mass is 10.1. The lowest BCUT2D eigenvalue weighted by Gasteiger charge is -2.19. The summed E-state index contributed by atoms with van der Waals surface area (Å²) in [7, 11) is 1.57. The van der Waals surface area contributed by atoms with Crippen LogP contribution in [0.1, 0.15) is 37.5 Å². The van der Waals surface area contributed by atoms with Gasteiger partial charge in [0.1, 0.15) is 22.0 Å². The van der Waals surface area contributed by atoms with Crippen LogP contribution in [-0.4, -0.2) is 28.8 Å². The van der Waals surface area contributed by atoms with Crippen LogP contribution in [-0.2, 0) is 11.3 Å². The second-order valence-electron chi connectivity index (χ2n) is 8.39. The zero-order chi connectivity index (χ0) is 24.0. The van der Waals surface area contributed by atoms with Gasteiger partial charge in [-0.15, -0.1) is 0 Å². The number of carbonyl (C=O) groups excluding carboxylic acids is 1. The van der Waals surface area contributed by atoms with Gasteiger partial charge in [0.05, 0.1) is 7.11 Å². The standard InChI is InChI=1S/C25H27N3O5/c1-25(2,3)33-24(31)26-15-18-7-5-16(6-8-18)13-20-22(29)28-21(23(30)27-20)14-17-9-11-19(32-4)12-10-17/h5-14H,15H2,1-4H3,(H,26,31)(H,27,30)(H,28,29). The molecule has 1 amide bonds. The third-order valence-electron chi connectivity index (χ3n) is 4.54. The third kappa shape index (κ3) is 6.96. The van der Waals surface area contributed by atoms with E-state index >= 15 is 0 Å². The highest BCUT2D eigenvalue weighted by molar-refractivity contribution is 5.67. The number of ether oxygens (including phenoxy) is 2. The van der Waals surface area contributed by atoms with Crippen LogP contribution in [0.5, 0.6) is 5.75 Å². The fraction of sp³-hybridized carbons (Fsp3) is 0.240. The van der Waals surface area contributed by atoms with Gasteiger partial charge in [-0.2, -0.15) is 0 Å². The van der Waals surface area contributed by atoms with Crippen molar-refractivity contribution in [1.29, 1.82) is 0 Å². The number of benzene rings is 2. The minimum Gasteiger partial charge on any atom is -0.497 e. The highest BCUT2D eigenvalue weighted by atomic mass is 16.6. The first kappa shape index (κ1) is 23.6. The Kier molecular flexibility index (Phi) is 7.17. The van der Waals surface area contributed by atoms with Crippen LogP contribution < -0.4 is 31.9 Å². The van der Waals surface area contributed by atoms with Gasteiger partial charge in [-0.3, -0.25) is 9.59 Å². The molecule has 0 aliphatic carbocycles. The molecule has 3 N–H and O–H groups in total. The van der Waals surface area contributed by atoms with Crippen molar-refractivity contribution >= 4 is 18.2 Å². The Labute approximate surface area is 190 Å². The van der Waals surface area contributed by atoms with Crippen LogP contribution in [0.2, 0.25) is 0 Å². The molecule has 0 bridgehead atoms. The Hall–Kier alpha value is -4.07. The van der Waals surface area contributed by atoms with Crippen molar-refractivity contribution in [2.75, 3.05) is 7.11 Å². The van der Waals surface area contributed by atoms with Crippen molar-refractivity contribution in [1.82, 2.24) is 15.3 Å². The quantitative estimate of drug-likeness (QED) is 0.549. The lowest BCUT2D eigenvalue weighted by Crippen LogP contribution is -2.46. The number of aromatic amines is 2. The van der Waals surface area contributed by atoms with Crippen molar-refractivity contribution in [3.63, 3.8) is 0 Å². The topological polar surface area (TPSA) is 113 Å². The first-order chi connectivity index (χ1) is 15.6. The normalized spacial score (nSPS) is 12.5. The van der Waals surface area contributed by atoms with E-state index in [0.29, 0.717) is 12.3 Å². The molecule has 1 heterocycles. The lowest BCUT2D eigenvalue weighted by molar-refractivity contribution is 0.0523. The number of H-pyrrole nitrogens is 2. The molecular weight excluding hydrogens is 422 g/mol. The van der Waals surface area contributed by atoms with Crippen LogP contribution in [0.15, 0.2) is 58.1 Å². The van der Waals surface area contributed by atoms with Gasteiger partial charge < -0.3 is 24.8 Å². The van der Waals surface area contributed by atoms with E-state index in [0.717, 1.165) is 16.7 Å². The number of methoxy groups -OCH3 is 1. The van der Waals surface area contributed by atoms with Gasteiger partial charge in [0, 0.05) is 6.54 Å². The van der Waals surface area contributed by atoms with Crippen LogP contribution in [0.25, 0.3) is 12.2 Å². The second kappa shape index (κ2) is 10.0. The highest BCUT2D eigenvalue weighted by Gasteiger charge is 2.15. The van der Waals surface area contributed by atoms with Gasteiger partial charge in [0.15, 0.2) is 0 Å². The predicted octanol–water partition coefficient (Wildman–Crippen LogP) is 1.75. The first-order valence-electron chi connectivity index (χ1n) is 10.4. The smallest absolute Gasteiger partial charge is 0.407 e. The molecule has 0 saturated heterocycles. The number of nitrogens with one attached hydrogen (secondary N) is 3. The molecule has 0 aliphatic rings. The Morgan fingerprint density at radius 2 is 1.36 bits per heavy atom. The van der Waals surface area contributed by atoms with Gasteiger partial charge in [0.2, 0.25) is 0 Å². The Balaban J connectivity index is 1.77. The fourth-order valence-electron chi connectivity index (χ4n) is 2.95. The summed E-state index contributed by atoms with van der Waals surface area (Å²) in [6.45, 7) is 5.70. The van der Waals surface area contributed by atoms with E-state index in [9.17, 15) is 14.4 Å². The van der Waals surface area contributed by atoms with Gasteiger partial charge in [-0.25, -0.2) is 4.79 Å². The molecule has 8 heteroatoms. The zero-order valence-electron chi connectivity index (χ0n) is 19.0. The molecule has 8 nitrogen and oxygen atoms in total. The van der Waals surface area contributed by atoms with E-state index in [4.69, 9.17) is 9.47 Å². The summed E-state index contributed by atoms with van der Waals surface area (Å²) in [6.07, 6.45) is 2.69. The minimum atomic E-state index is -0.561. The first-order valence-corrected chi connectivity index (χ1v) is 10.4. The fourth-order valence-corrected chi connectivity index (χ4v) is 2.95. The number of hydrogen-bond acceptors (Lipinski definition) is 5. The molecule has 172 valence electrons. The SMILES string of the molecule is COc1ccc(C=c2[nH]c(=O)c(=Cc3ccc(CNC(=O)OC(C)(C)C)cc3)[nH]c2=O)cc1. The van der Waals surface area contributed by atoms with Crippen molar-refractivity contribution in [2.45, 2.75) is 32.9 Å². The summed E-state index contributed by atoms with van der Waals surface area (Å²) in [4.78, 5) is 42.0. The van der Waals surface area contributed by atoms with E-state index in [1.54, 1.807) is 76.4 Å². The summed E-state index contributed by atoms with van der Waals surface area (Å²) in [6, 6.07) is 14.3. The van der Waals surface area contributed by atoms with E-state index < -0.39 is 22.8 Å². The van der Waals surface area contributed by atoms with Crippen molar-refractivity contribution < 1.29 is 14.3 Å². The summed E-state index contributed by atoms with van der Waals surface area (Å²) in [5, 5.41) is 2.99. The Morgan fingerprint density at radius 3 is 1.82 bits per heavy atom. The van der Waals surface area contributed by atoms with Crippen LogP contribution in [0.3, 0.4) is 0 Å². The van der Waals surface area contributed by atoms with Gasteiger partial charge in [-0.1, -0.05) is 36.4 Å². The number of carbonyl (C=O) groups is 1. The van der Waals surface area contributed by atoms with Crippen LogP contribution in [0.4, 0.5) is 4.79 Å². The number of amides is 1. The molecule has 2 aromatic carbocycles. The van der Waals surface area contributed by atoms with Gasteiger partial charge in [-0.05, 0) is 61.7 Å². The minimum absolute atomic E-state index is 0.145. The molecule has 0 atom stereocenters. The maximum Gasteiger partial charge on any atom is 0.407 e. The average Bonchev–Trinajstić information content (AvgIpc) is 2.76. The molecular formula is C25H27N3O5. The Bertz CT molecular complexity index is 1350. The molecule has 3 rings (SSSR count). The molecule has 0 aliphatic heterocycles.